The van der Waals surface area contributed by atoms with Crippen molar-refractivity contribution < 1.29 is 30.8 Å². The zero-order valence-corrected chi connectivity index (χ0v) is 20.8. The first-order chi connectivity index (χ1) is 18.0. The molecule has 0 saturated heterocycles. The topological polar surface area (TPSA) is 93.1 Å². The summed E-state index contributed by atoms with van der Waals surface area (Å²) in [4.78, 5) is 11.4. The van der Waals surface area contributed by atoms with Crippen molar-refractivity contribution in [2.75, 3.05) is 6.54 Å². The predicted octanol–water partition coefficient (Wildman–Crippen LogP) is 5.24. The van der Waals surface area contributed by atoms with Crippen molar-refractivity contribution in [3.05, 3.63) is 102 Å². The summed E-state index contributed by atoms with van der Waals surface area (Å²) in [5, 5.41) is 6.51. The SMILES string of the molecule is Cc1nn(-c2ccc(CCNC(=O)NS(=O)(=O)c3ccccc3F)cc2)c(C(F)(F)F)c1-c1ccccc1. The van der Waals surface area contributed by atoms with Crippen LogP contribution in [0.25, 0.3) is 16.8 Å². The number of hydrogen-bond acceptors (Lipinski definition) is 4. The molecule has 4 rings (SSSR count). The summed E-state index contributed by atoms with van der Waals surface area (Å²) in [7, 11) is -4.40. The average molecular weight is 547 g/mol. The van der Waals surface area contributed by atoms with E-state index >= 15 is 0 Å². The number of nitrogens with zero attached hydrogens (tertiary/aromatic N) is 2. The van der Waals surface area contributed by atoms with Gasteiger partial charge in [-0.2, -0.15) is 18.3 Å². The minimum Gasteiger partial charge on any atom is -0.337 e. The number of alkyl halides is 3. The number of aryl methyl sites for hydroxylation is 1. The lowest BCUT2D eigenvalue weighted by atomic mass is 10.0. The van der Waals surface area contributed by atoms with Crippen LogP contribution in [0.3, 0.4) is 0 Å². The summed E-state index contributed by atoms with van der Waals surface area (Å²) in [6.45, 7) is 1.54. The van der Waals surface area contributed by atoms with Gasteiger partial charge in [0.1, 0.15) is 10.7 Å². The number of halogens is 4. The number of aromatic nitrogens is 2. The Kier molecular flexibility index (Phi) is 7.53. The van der Waals surface area contributed by atoms with Gasteiger partial charge in [0.05, 0.1) is 11.4 Å². The van der Waals surface area contributed by atoms with Crippen LogP contribution in [0.5, 0.6) is 0 Å². The quantitative estimate of drug-likeness (QED) is 0.310. The van der Waals surface area contributed by atoms with Crippen LogP contribution in [0.1, 0.15) is 17.0 Å². The van der Waals surface area contributed by atoms with Crippen molar-refractivity contribution in [3.8, 4) is 16.8 Å². The van der Waals surface area contributed by atoms with Gasteiger partial charge in [-0.25, -0.2) is 27.0 Å². The van der Waals surface area contributed by atoms with Gasteiger partial charge in [0.15, 0.2) is 5.69 Å². The molecule has 7 nitrogen and oxygen atoms in total. The van der Waals surface area contributed by atoms with Crippen molar-refractivity contribution in [1.29, 1.82) is 0 Å². The van der Waals surface area contributed by atoms with E-state index in [1.807, 2.05) is 0 Å². The molecule has 12 heteroatoms. The fourth-order valence-electron chi connectivity index (χ4n) is 3.93. The lowest BCUT2D eigenvalue weighted by Gasteiger charge is -2.13. The van der Waals surface area contributed by atoms with Gasteiger partial charge < -0.3 is 5.32 Å². The van der Waals surface area contributed by atoms with Crippen LogP contribution in [0, 0.1) is 12.7 Å². The highest BCUT2D eigenvalue weighted by Gasteiger charge is 2.40. The Bertz CT molecular complexity index is 1550. The molecule has 3 aromatic carbocycles. The lowest BCUT2D eigenvalue weighted by Crippen LogP contribution is -2.40. The van der Waals surface area contributed by atoms with Crippen molar-refractivity contribution in [1.82, 2.24) is 19.8 Å². The summed E-state index contributed by atoms with van der Waals surface area (Å²) in [5.41, 5.74) is 0.626. The van der Waals surface area contributed by atoms with E-state index in [2.05, 4.69) is 10.4 Å². The van der Waals surface area contributed by atoms with Crippen molar-refractivity contribution in [2.45, 2.75) is 24.4 Å². The molecule has 0 radical (unpaired) electrons. The van der Waals surface area contributed by atoms with Crippen LogP contribution >= 0.6 is 0 Å². The molecule has 0 spiro atoms. The second-order valence-electron chi connectivity index (χ2n) is 8.29. The normalized spacial score (nSPS) is 11.8. The number of benzene rings is 3. The molecule has 0 atom stereocenters. The van der Waals surface area contributed by atoms with Crippen LogP contribution < -0.4 is 10.0 Å². The molecule has 0 fully saturated rings. The van der Waals surface area contributed by atoms with Crippen molar-refractivity contribution >= 4 is 16.1 Å². The maximum Gasteiger partial charge on any atom is 0.434 e. The summed E-state index contributed by atoms with van der Waals surface area (Å²) >= 11 is 0. The maximum absolute atomic E-state index is 14.1. The minimum atomic E-state index is -4.66. The second kappa shape index (κ2) is 10.7. The van der Waals surface area contributed by atoms with Gasteiger partial charge in [-0.05, 0) is 48.7 Å². The van der Waals surface area contributed by atoms with Gasteiger partial charge >= 0.3 is 12.2 Å². The minimum absolute atomic E-state index is 0.00252. The third-order valence-corrected chi connectivity index (χ3v) is 6.99. The number of urea groups is 1. The Balaban J connectivity index is 1.45. The number of carbonyl (C=O) groups excluding carboxylic acids is 1. The number of nitrogens with one attached hydrogen (secondary N) is 2. The van der Waals surface area contributed by atoms with E-state index in [0.717, 1.165) is 16.8 Å². The number of carbonyl (C=O) groups is 1. The van der Waals surface area contributed by atoms with Crippen LogP contribution in [0.15, 0.2) is 83.8 Å². The highest BCUT2D eigenvalue weighted by molar-refractivity contribution is 7.90. The fraction of sp³-hybridized carbons (Fsp3) is 0.154. The highest BCUT2D eigenvalue weighted by Crippen LogP contribution is 2.40. The van der Waals surface area contributed by atoms with Gasteiger partial charge in [0, 0.05) is 12.1 Å². The van der Waals surface area contributed by atoms with Crippen molar-refractivity contribution in [2.24, 2.45) is 0 Å². The van der Waals surface area contributed by atoms with Gasteiger partial charge in [-0.1, -0.05) is 54.6 Å². The van der Waals surface area contributed by atoms with Crippen LogP contribution in [0.2, 0.25) is 0 Å². The third kappa shape index (κ3) is 5.86. The number of rotatable bonds is 7. The van der Waals surface area contributed by atoms with E-state index in [-0.39, 0.29) is 29.9 Å². The predicted molar refractivity (Wildman–Crippen MR) is 133 cm³/mol. The molecule has 1 heterocycles. The number of sulfonamides is 1. The largest absolute Gasteiger partial charge is 0.434 e. The molecule has 2 N–H and O–H groups in total. The third-order valence-electron chi connectivity index (χ3n) is 5.62. The Labute approximate surface area is 216 Å². The van der Waals surface area contributed by atoms with E-state index in [9.17, 15) is 30.8 Å². The fourth-order valence-corrected chi connectivity index (χ4v) is 4.93. The summed E-state index contributed by atoms with van der Waals surface area (Å²) < 4.78 is 83.0. The lowest BCUT2D eigenvalue weighted by molar-refractivity contribution is -0.142. The van der Waals surface area contributed by atoms with E-state index in [0.29, 0.717) is 11.1 Å². The van der Waals surface area contributed by atoms with Gasteiger partial charge in [-0.3, -0.25) is 0 Å². The molecule has 0 aliphatic rings. The molecular weight excluding hydrogens is 524 g/mol. The van der Waals surface area contributed by atoms with Crippen molar-refractivity contribution in [3.63, 3.8) is 0 Å². The molecule has 38 heavy (non-hydrogen) atoms. The van der Waals surface area contributed by atoms with Crippen LogP contribution in [-0.2, 0) is 22.6 Å². The molecule has 0 bridgehead atoms. The van der Waals surface area contributed by atoms with E-state index < -0.39 is 38.6 Å². The molecule has 4 aromatic rings. The second-order valence-corrected chi connectivity index (χ2v) is 9.94. The molecular formula is C26H22F4N4O3S. The first-order valence-electron chi connectivity index (χ1n) is 11.3. The zero-order valence-electron chi connectivity index (χ0n) is 20.0. The highest BCUT2D eigenvalue weighted by atomic mass is 32.2. The Hall–Kier alpha value is -4.19. The number of hydrogen-bond donors (Lipinski definition) is 2. The smallest absolute Gasteiger partial charge is 0.337 e. The van der Waals surface area contributed by atoms with E-state index in [4.69, 9.17) is 0 Å². The Morgan fingerprint density at radius 2 is 1.58 bits per heavy atom. The van der Waals surface area contributed by atoms with Crippen LogP contribution in [0.4, 0.5) is 22.4 Å². The average Bonchev–Trinajstić information content (AvgIpc) is 3.22. The maximum atomic E-state index is 14.1. The Morgan fingerprint density at radius 1 is 0.947 bits per heavy atom. The molecule has 0 aliphatic heterocycles. The first-order valence-corrected chi connectivity index (χ1v) is 12.8. The molecule has 0 aliphatic carbocycles. The first kappa shape index (κ1) is 26.9. The molecule has 2 amide bonds. The van der Waals surface area contributed by atoms with Gasteiger partial charge in [-0.15, -0.1) is 0 Å². The zero-order chi connectivity index (χ0) is 27.5. The number of amides is 2. The van der Waals surface area contributed by atoms with E-state index in [1.54, 1.807) is 47.2 Å². The standard InChI is InChI=1S/C26H22F4N4O3S/c1-17-23(19-7-3-2-4-8-19)24(26(28,29)30)34(32-17)20-13-11-18(12-14-20)15-16-31-25(35)33-38(36,37)22-10-6-5-9-21(22)27/h2-14H,15-16H2,1H3,(H2,31,33,35). The Morgan fingerprint density at radius 3 is 2.21 bits per heavy atom. The summed E-state index contributed by atoms with van der Waals surface area (Å²) in [6.07, 6.45) is -4.40. The summed E-state index contributed by atoms with van der Waals surface area (Å²) in [6, 6.07) is 17.9. The monoisotopic (exact) mass is 546 g/mol. The summed E-state index contributed by atoms with van der Waals surface area (Å²) in [5.74, 6) is -0.996. The van der Waals surface area contributed by atoms with Gasteiger partial charge in [0.25, 0.3) is 10.0 Å². The molecule has 198 valence electrons. The molecule has 1 aromatic heterocycles. The van der Waals surface area contributed by atoms with E-state index in [1.165, 1.54) is 31.2 Å². The molecule has 0 unspecified atom stereocenters. The van der Waals surface area contributed by atoms with Crippen LogP contribution in [-0.4, -0.2) is 30.8 Å². The van der Waals surface area contributed by atoms with Gasteiger partial charge in [0.2, 0.25) is 0 Å². The molecule has 0 saturated carbocycles.